The third-order valence-electron chi connectivity index (χ3n) is 4.41. The number of fused-ring (bicyclic) bond motifs is 1. The van der Waals surface area contributed by atoms with Crippen molar-refractivity contribution in [3.63, 3.8) is 0 Å². The molecule has 1 aliphatic rings. The van der Waals surface area contributed by atoms with E-state index in [2.05, 4.69) is 41.6 Å². The zero-order chi connectivity index (χ0) is 17.3. The van der Waals surface area contributed by atoms with E-state index >= 15 is 0 Å². The van der Waals surface area contributed by atoms with Gasteiger partial charge in [-0.05, 0) is 32.4 Å². The second-order valence-electron chi connectivity index (χ2n) is 6.61. The number of nitrogens with one attached hydrogen (secondary N) is 3. The molecule has 1 aromatic heterocycles. The molecule has 2 amide bonds. The van der Waals surface area contributed by atoms with Crippen LogP contribution in [-0.4, -0.2) is 28.9 Å². The van der Waals surface area contributed by atoms with Gasteiger partial charge in [0.1, 0.15) is 12.1 Å². The molecule has 3 N–H and O–H groups in total. The summed E-state index contributed by atoms with van der Waals surface area (Å²) in [7, 11) is 0. The van der Waals surface area contributed by atoms with Crippen molar-refractivity contribution in [3.8, 4) is 0 Å². The van der Waals surface area contributed by atoms with Crippen molar-refractivity contribution >= 4 is 22.7 Å². The Morgan fingerprint density at radius 1 is 1.12 bits per heavy atom. The molecule has 0 unspecified atom stereocenters. The van der Waals surface area contributed by atoms with Crippen LogP contribution < -0.4 is 10.6 Å². The van der Waals surface area contributed by atoms with Crippen LogP contribution in [0.5, 0.6) is 0 Å². The molecule has 0 radical (unpaired) electrons. The van der Waals surface area contributed by atoms with E-state index in [0.717, 1.165) is 28.6 Å². The molecular weight excluding hydrogens is 302 g/mol. The second-order valence-corrected chi connectivity index (χ2v) is 6.61. The van der Waals surface area contributed by atoms with Crippen LogP contribution >= 0.6 is 0 Å². The predicted octanol–water partition coefficient (Wildman–Crippen LogP) is 2.22. The van der Waals surface area contributed by atoms with Gasteiger partial charge in [0.05, 0.1) is 0 Å². The fourth-order valence-electron chi connectivity index (χ4n) is 3.06. The molecule has 24 heavy (non-hydrogen) atoms. The first-order valence-corrected chi connectivity index (χ1v) is 8.28. The largest absolute Gasteiger partial charge is 0.358 e. The summed E-state index contributed by atoms with van der Waals surface area (Å²) in [6, 6.07) is 7.07. The molecule has 2 aromatic rings. The van der Waals surface area contributed by atoms with E-state index in [1.807, 2.05) is 18.2 Å². The molecule has 1 saturated heterocycles. The van der Waals surface area contributed by atoms with E-state index in [9.17, 15) is 9.59 Å². The number of H-pyrrole nitrogens is 1. The summed E-state index contributed by atoms with van der Waals surface area (Å²) in [6.07, 6.45) is 3.43. The quantitative estimate of drug-likeness (QED) is 0.754. The van der Waals surface area contributed by atoms with E-state index in [1.54, 1.807) is 6.92 Å². The molecule has 0 bridgehead atoms. The first kappa shape index (κ1) is 16.3. The Morgan fingerprint density at radius 3 is 2.62 bits per heavy atom. The average Bonchev–Trinajstić information content (AvgIpc) is 2.88. The Kier molecular flexibility index (Phi) is 4.42. The van der Waals surface area contributed by atoms with Gasteiger partial charge in [0.25, 0.3) is 0 Å². The predicted molar refractivity (Wildman–Crippen MR) is 94.7 cm³/mol. The number of piperazine rings is 1. The van der Waals surface area contributed by atoms with Gasteiger partial charge in [-0.2, -0.15) is 0 Å². The van der Waals surface area contributed by atoms with Crippen molar-refractivity contribution in [1.29, 1.82) is 0 Å². The molecule has 2 heterocycles. The minimum atomic E-state index is -0.529. The number of rotatable bonds is 4. The maximum atomic E-state index is 12.2. The summed E-state index contributed by atoms with van der Waals surface area (Å²) < 4.78 is 0. The topological polar surface area (TPSA) is 74.0 Å². The summed E-state index contributed by atoms with van der Waals surface area (Å²) in [4.78, 5) is 27.6. The van der Waals surface area contributed by atoms with Gasteiger partial charge in [0.15, 0.2) is 0 Å². The molecule has 2 atom stereocenters. The summed E-state index contributed by atoms with van der Waals surface area (Å²) in [5, 5.41) is 6.67. The van der Waals surface area contributed by atoms with Gasteiger partial charge in [-0.25, -0.2) is 0 Å². The summed E-state index contributed by atoms with van der Waals surface area (Å²) >= 11 is 0. The van der Waals surface area contributed by atoms with Gasteiger partial charge in [-0.1, -0.05) is 29.8 Å². The van der Waals surface area contributed by atoms with Crippen molar-refractivity contribution in [2.75, 3.05) is 0 Å². The first-order valence-electron chi connectivity index (χ1n) is 8.28. The monoisotopic (exact) mass is 325 g/mol. The van der Waals surface area contributed by atoms with Crippen LogP contribution in [0.3, 0.4) is 0 Å². The van der Waals surface area contributed by atoms with Crippen LogP contribution in [0.25, 0.3) is 10.9 Å². The van der Waals surface area contributed by atoms with E-state index in [1.165, 1.54) is 5.57 Å². The lowest BCUT2D eigenvalue weighted by Crippen LogP contribution is -2.61. The fourth-order valence-corrected chi connectivity index (χ4v) is 3.06. The molecule has 1 fully saturated rings. The summed E-state index contributed by atoms with van der Waals surface area (Å²) in [5.41, 5.74) is 4.49. The number of allylic oxidation sites excluding steroid dienone is 2. The fraction of sp³-hybridized carbons (Fsp3) is 0.368. The van der Waals surface area contributed by atoms with Crippen molar-refractivity contribution in [2.45, 2.75) is 45.7 Å². The summed E-state index contributed by atoms with van der Waals surface area (Å²) in [6.45, 7) is 5.83. The van der Waals surface area contributed by atoms with Gasteiger partial charge in [0.2, 0.25) is 11.8 Å². The molecular formula is C19H23N3O2. The number of aromatic amines is 1. The Balaban J connectivity index is 1.95. The minimum absolute atomic E-state index is 0.124. The highest BCUT2D eigenvalue weighted by Crippen LogP contribution is 2.25. The lowest BCUT2D eigenvalue weighted by Gasteiger charge is -2.27. The zero-order valence-electron chi connectivity index (χ0n) is 14.3. The number of amides is 2. The molecule has 3 rings (SSSR count). The lowest BCUT2D eigenvalue weighted by molar-refractivity contribution is -0.136. The number of carbonyl (C=O) groups is 2. The van der Waals surface area contributed by atoms with Crippen molar-refractivity contribution < 1.29 is 9.59 Å². The van der Waals surface area contributed by atoms with Gasteiger partial charge in [-0.3, -0.25) is 9.59 Å². The number of hydrogen-bond acceptors (Lipinski definition) is 2. The van der Waals surface area contributed by atoms with Gasteiger partial charge in [0, 0.05) is 29.4 Å². The molecule has 5 nitrogen and oxygen atoms in total. The van der Waals surface area contributed by atoms with Crippen molar-refractivity contribution in [3.05, 3.63) is 47.2 Å². The summed E-state index contributed by atoms with van der Waals surface area (Å²) in [5.74, 6) is -0.258. The Bertz CT molecular complexity index is 815. The zero-order valence-corrected chi connectivity index (χ0v) is 14.3. The van der Waals surface area contributed by atoms with Crippen LogP contribution in [0.15, 0.2) is 35.9 Å². The van der Waals surface area contributed by atoms with Crippen molar-refractivity contribution in [1.82, 2.24) is 15.6 Å². The average molecular weight is 325 g/mol. The molecule has 126 valence electrons. The highest BCUT2D eigenvalue weighted by Gasteiger charge is 2.32. The van der Waals surface area contributed by atoms with E-state index in [4.69, 9.17) is 0 Å². The number of hydrogen-bond donors (Lipinski definition) is 3. The molecule has 1 aromatic carbocycles. The number of benzene rings is 1. The molecule has 5 heteroatoms. The third-order valence-corrected chi connectivity index (χ3v) is 4.41. The van der Waals surface area contributed by atoms with E-state index in [-0.39, 0.29) is 11.8 Å². The first-order chi connectivity index (χ1) is 11.5. The Morgan fingerprint density at radius 2 is 1.88 bits per heavy atom. The Hall–Kier alpha value is -2.56. The molecule has 0 spiro atoms. The lowest BCUT2D eigenvalue weighted by atomic mass is 9.98. The third kappa shape index (κ3) is 3.20. The van der Waals surface area contributed by atoms with Gasteiger partial charge >= 0.3 is 0 Å². The highest BCUT2D eigenvalue weighted by atomic mass is 16.2. The van der Waals surface area contributed by atoms with E-state index < -0.39 is 12.1 Å². The van der Waals surface area contributed by atoms with Gasteiger partial charge in [-0.15, -0.1) is 0 Å². The minimum Gasteiger partial charge on any atom is -0.358 e. The highest BCUT2D eigenvalue weighted by molar-refractivity contribution is 5.97. The maximum Gasteiger partial charge on any atom is 0.243 e. The normalized spacial score (nSPS) is 20.6. The number of carbonyl (C=O) groups excluding carboxylic acids is 2. The van der Waals surface area contributed by atoms with Crippen LogP contribution in [0.2, 0.25) is 0 Å². The number of para-hydroxylation sites is 1. The number of aromatic nitrogens is 1. The van der Waals surface area contributed by atoms with Crippen LogP contribution in [0, 0.1) is 0 Å². The smallest absolute Gasteiger partial charge is 0.243 e. The standard InChI is InChI=1S/C19H23N3O2/c1-11(2)8-9-16-14(13-6-4-5-7-15(13)21-16)10-17-19(24)20-12(3)18(23)22-17/h4-8,12,17,21H,9-10H2,1-3H3,(H,20,24)(H,22,23)/t12-,17+/m1/s1. The van der Waals surface area contributed by atoms with Crippen molar-refractivity contribution in [2.24, 2.45) is 0 Å². The molecule has 0 saturated carbocycles. The van der Waals surface area contributed by atoms with Crippen LogP contribution in [-0.2, 0) is 22.4 Å². The maximum absolute atomic E-state index is 12.2. The van der Waals surface area contributed by atoms with Crippen LogP contribution in [0.1, 0.15) is 32.0 Å². The SMILES string of the molecule is CC(C)=CCc1[nH]c2ccccc2c1C[C@@H]1NC(=O)[C@@H](C)NC1=O. The Labute approximate surface area is 141 Å². The van der Waals surface area contributed by atoms with Gasteiger partial charge < -0.3 is 15.6 Å². The molecule has 0 aliphatic carbocycles. The second kappa shape index (κ2) is 6.51. The molecule has 1 aliphatic heterocycles. The van der Waals surface area contributed by atoms with Crippen LogP contribution in [0.4, 0.5) is 0 Å². The van der Waals surface area contributed by atoms with E-state index in [0.29, 0.717) is 6.42 Å².